The minimum Gasteiger partial charge on any atom is -0.481 e. The summed E-state index contributed by atoms with van der Waals surface area (Å²) in [6.07, 6.45) is 3.72. The van der Waals surface area contributed by atoms with E-state index in [1.54, 1.807) is 0 Å². The van der Waals surface area contributed by atoms with Crippen molar-refractivity contribution in [3.63, 3.8) is 0 Å². The van der Waals surface area contributed by atoms with Crippen molar-refractivity contribution >= 4 is 11.9 Å². The SMILES string of the molecule is CCCC1(C(=O)O)CCCN(CCC(=O)NCC)C1. The first-order valence-corrected chi connectivity index (χ1v) is 7.26. The van der Waals surface area contributed by atoms with Gasteiger partial charge in [-0.3, -0.25) is 9.59 Å². The molecule has 1 unspecified atom stereocenters. The van der Waals surface area contributed by atoms with Crippen molar-refractivity contribution in [1.29, 1.82) is 0 Å². The van der Waals surface area contributed by atoms with Gasteiger partial charge < -0.3 is 15.3 Å². The van der Waals surface area contributed by atoms with E-state index in [0.29, 0.717) is 26.1 Å². The Morgan fingerprint density at radius 3 is 2.68 bits per heavy atom. The second kappa shape index (κ2) is 7.48. The molecule has 0 spiro atoms. The normalized spacial score (nSPS) is 24.1. The van der Waals surface area contributed by atoms with Crippen molar-refractivity contribution < 1.29 is 14.7 Å². The van der Waals surface area contributed by atoms with Gasteiger partial charge in [0, 0.05) is 26.1 Å². The zero-order valence-electron chi connectivity index (χ0n) is 12.1. The van der Waals surface area contributed by atoms with Crippen LogP contribution in [0.15, 0.2) is 0 Å². The molecule has 0 aliphatic carbocycles. The van der Waals surface area contributed by atoms with Crippen LogP contribution in [0.4, 0.5) is 0 Å². The first-order valence-electron chi connectivity index (χ1n) is 7.26. The lowest BCUT2D eigenvalue weighted by atomic mass is 9.76. The lowest BCUT2D eigenvalue weighted by molar-refractivity contribution is -0.153. The Balaban J connectivity index is 2.53. The minimum atomic E-state index is -0.683. The van der Waals surface area contributed by atoms with Gasteiger partial charge in [0.15, 0.2) is 0 Å². The number of aliphatic carboxylic acids is 1. The molecule has 19 heavy (non-hydrogen) atoms. The summed E-state index contributed by atoms with van der Waals surface area (Å²) in [7, 11) is 0. The summed E-state index contributed by atoms with van der Waals surface area (Å²) in [5.41, 5.74) is -0.603. The summed E-state index contributed by atoms with van der Waals surface area (Å²) in [5.74, 6) is -0.637. The topological polar surface area (TPSA) is 69.6 Å². The van der Waals surface area contributed by atoms with Gasteiger partial charge in [0.05, 0.1) is 5.41 Å². The highest BCUT2D eigenvalue weighted by molar-refractivity contribution is 5.76. The molecular formula is C14H26N2O3. The Labute approximate surface area is 115 Å². The molecule has 0 aromatic carbocycles. The Bertz CT molecular complexity index is 316. The van der Waals surface area contributed by atoms with Crippen LogP contribution in [0, 0.1) is 5.41 Å². The molecule has 1 aliphatic heterocycles. The third-order valence-electron chi connectivity index (χ3n) is 3.87. The van der Waals surface area contributed by atoms with Crippen molar-refractivity contribution in [1.82, 2.24) is 10.2 Å². The molecule has 2 N–H and O–H groups in total. The van der Waals surface area contributed by atoms with Crippen LogP contribution in [0.1, 0.15) is 46.0 Å². The minimum absolute atomic E-state index is 0.0458. The Kier molecular flexibility index (Phi) is 6.28. The monoisotopic (exact) mass is 270 g/mol. The van der Waals surface area contributed by atoms with Gasteiger partial charge in [0.1, 0.15) is 0 Å². The largest absolute Gasteiger partial charge is 0.481 e. The van der Waals surface area contributed by atoms with Crippen LogP contribution in [0.5, 0.6) is 0 Å². The van der Waals surface area contributed by atoms with Crippen molar-refractivity contribution in [3.05, 3.63) is 0 Å². The number of piperidine rings is 1. The maximum Gasteiger partial charge on any atom is 0.310 e. The maximum atomic E-state index is 11.5. The van der Waals surface area contributed by atoms with Gasteiger partial charge in [-0.1, -0.05) is 13.3 Å². The van der Waals surface area contributed by atoms with Crippen LogP contribution in [-0.2, 0) is 9.59 Å². The van der Waals surface area contributed by atoms with Crippen LogP contribution in [-0.4, -0.2) is 48.1 Å². The van der Waals surface area contributed by atoms with E-state index in [4.69, 9.17) is 0 Å². The molecule has 1 heterocycles. The third-order valence-corrected chi connectivity index (χ3v) is 3.87. The smallest absolute Gasteiger partial charge is 0.310 e. The van der Waals surface area contributed by atoms with E-state index in [-0.39, 0.29) is 5.91 Å². The lowest BCUT2D eigenvalue weighted by Crippen LogP contribution is -2.48. The van der Waals surface area contributed by atoms with E-state index in [1.165, 1.54) is 0 Å². The second-order valence-corrected chi connectivity index (χ2v) is 5.42. The number of likely N-dealkylation sites (tertiary alicyclic amines) is 1. The Hall–Kier alpha value is -1.10. The van der Waals surface area contributed by atoms with Crippen LogP contribution >= 0.6 is 0 Å². The number of hydrogen-bond acceptors (Lipinski definition) is 3. The van der Waals surface area contributed by atoms with Crippen LogP contribution in [0.25, 0.3) is 0 Å². The molecule has 5 heteroatoms. The van der Waals surface area contributed by atoms with Crippen molar-refractivity contribution in [2.75, 3.05) is 26.2 Å². The molecule has 1 fully saturated rings. The van der Waals surface area contributed by atoms with Gasteiger partial charge in [0.2, 0.25) is 5.91 Å². The summed E-state index contributed by atoms with van der Waals surface area (Å²) >= 11 is 0. The van der Waals surface area contributed by atoms with E-state index >= 15 is 0 Å². The lowest BCUT2D eigenvalue weighted by Gasteiger charge is -2.39. The molecule has 0 aromatic rings. The molecule has 1 rings (SSSR count). The Morgan fingerprint density at radius 1 is 1.37 bits per heavy atom. The highest BCUT2D eigenvalue weighted by Gasteiger charge is 2.41. The standard InChI is InChI=1S/C14H26N2O3/c1-3-7-14(13(18)19)8-5-9-16(11-14)10-6-12(17)15-4-2/h3-11H2,1-2H3,(H,15,17)(H,18,19). The average molecular weight is 270 g/mol. The maximum absolute atomic E-state index is 11.5. The van der Waals surface area contributed by atoms with Gasteiger partial charge in [-0.05, 0) is 32.7 Å². The molecule has 0 radical (unpaired) electrons. The highest BCUT2D eigenvalue weighted by atomic mass is 16.4. The quantitative estimate of drug-likeness (QED) is 0.735. The Morgan fingerprint density at radius 2 is 2.11 bits per heavy atom. The van der Waals surface area contributed by atoms with Gasteiger partial charge in [-0.15, -0.1) is 0 Å². The summed E-state index contributed by atoms with van der Waals surface area (Å²) in [5, 5.41) is 12.3. The van der Waals surface area contributed by atoms with Gasteiger partial charge in [-0.25, -0.2) is 0 Å². The van der Waals surface area contributed by atoms with Crippen LogP contribution in [0.2, 0.25) is 0 Å². The van der Waals surface area contributed by atoms with E-state index in [1.807, 2.05) is 13.8 Å². The molecule has 0 saturated carbocycles. The number of carboxylic acid groups (broad SMARTS) is 1. The summed E-state index contributed by atoms with van der Waals surface area (Å²) < 4.78 is 0. The van der Waals surface area contributed by atoms with Gasteiger partial charge in [0.25, 0.3) is 0 Å². The number of nitrogens with one attached hydrogen (secondary N) is 1. The van der Waals surface area contributed by atoms with Gasteiger partial charge in [-0.2, -0.15) is 0 Å². The molecule has 5 nitrogen and oxygen atoms in total. The van der Waals surface area contributed by atoms with Crippen molar-refractivity contribution in [2.45, 2.75) is 46.0 Å². The zero-order valence-corrected chi connectivity index (χ0v) is 12.1. The molecule has 0 bridgehead atoms. The third kappa shape index (κ3) is 4.49. The van der Waals surface area contributed by atoms with E-state index in [2.05, 4.69) is 10.2 Å². The number of carboxylic acids is 1. The van der Waals surface area contributed by atoms with E-state index in [0.717, 1.165) is 32.2 Å². The van der Waals surface area contributed by atoms with E-state index < -0.39 is 11.4 Å². The van der Waals surface area contributed by atoms with Crippen molar-refractivity contribution in [3.8, 4) is 0 Å². The molecule has 1 atom stereocenters. The predicted octanol–water partition coefficient (Wildman–Crippen LogP) is 1.48. The van der Waals surface area contributed by atoms with Crippen molar-refractivity contribution in [2.24, 2.45) is 5.41 Å². The number of amides is 1. The first-order chi connectivity index (χ1) is 9.04. The fourth-order valence-corrected chi connectivity index (χ4v) is 2.93. The fourth-order valence-electron chi connectivity index (χ4n) is 2.93. The number of carbonyl (C=O) groups is 2. The first kappa shape index (κ1) is 16.0. The molecule has 1 aliphatic rings. The number of nitrogens with zero attached hydrogens (tertiary/aromatic N) is 1. The van der Waals surface area contributed by atoms with Crippen LogP contribution in [0.3, 0.4) is 0 Å². The second-order valence-electron chi connectivity index (χ2n) is 5.42. The molecule has 110 valence electrons. The summed E-state index contributed by atoms with van der Waals surface area (Å²) in [6, 6.07) is 0. The summed E-state index contributed by atoms with van der Waals surface area (Å²) in [4.78, 5) is 25.1. The number of hydrogen-bond donors (Lipinski definition) is 2. The molecule has 1 saturated heterocycles. The predicted molar refractivity (Wildman–Crippen MR) is 74.0 cm³/mol. The molecule has 1 amide bonds. The summed E-state index contributed by atoms with van der Waals surface area (Å²) in [6.45, 7) is 6.71. The fraction of sp³-hybridized carbons (Fsp3) is 0.857. The van der Waals surface area contributed by atoms with E-state index in [9.17, 15) is 14.7 Å². The number of carbonyl (C=O) groups excluding carboxylic acids is 1. The van der Waals surface area contributed by atoms with Gasteiger partial charge >= 0.3 is 5.97 Å². The average Bonchev–Trinajstić information content (AvgIpc) is 2.37. The molecular weight excluding hydrogens is 244 g/mol. The zero-order chi connectivity index (χ0) is 14.3. The number of rotatable bonds is 7. The highest BCUT2D eigenvalue weighted by Crippen LogP contribution is 2.35. The molecule has 0 aromatic heterocycles. The van der Waals surface area contributed by atoms with Crippen LogP contribution < -0.4 is 5.32 Å².